The molecule has 47 heavy (non-hydrogen) atoms. The number of hydrogen-bond donors (Lipinski definition) is 6. The van der Waals surface area contributed by atoms with Crippen molar-refractivity contribution in [1.29, 1.82) is 0 Å². The van der Waals surface area contributed by atoms with Crippen LogP contribution in [0, 0.1) is 0 Å². The van der Waals surface area contributed by atoms with Gasteiger partial charge in [0.1, 0.15) is 0 Å². The van der Waals surface area contributed by atoms with Crippen LogP contribution in [0.2, 0.25) is 0 Å². The zero-order valence-corrected chi connectivity index (χ0v) is 32.2. The van der Waals surface area contributed by atoms with Crippen LogP contribution < -0.4 is 0 Å². The van der Waals surface area contributed by atoms with Gasteiger partial charge in [-0.1, -0.05) is 194 Å². The largest absolute Gasteiger partial charge is 0.481 e. The van der Waals surface area contributed by atoms with E-state index in [0.29, 0.717) is 12.8 Å². The molecule has 0 aromatic rings. The standard InChI is InChI=1S/2C18H36O2.H4O5P2/c2*1-2-3-4-5-6-7-8-9-10-11-12-13-14-15-16-17-18(19)20;1-6(2)5-7(3)4/h2*2-17H2,1H3,(H,19,20);1-4H. The first kappa shape index (κ1) is 51.0. The molecule has 0 aliphatic heterocycles. The van der Waals surface area contributed by atoms with Gasteiger partial charge in [0.2, 0.25) is 0 Å². The Labute approximate surface area is 291 Å². The minimum absolute atomic E-state index is 0.345. The number of rotatable bonds is 34. The van der Waals surface area contributed by atoms with E-state index in [1.807, 2.05) is 0 Å². The van der Waals surface area contributed by atoms with Crippen molar-refractivity contribution in [3.8, 4) is 0 Å². The molecule has 0 spiro atoms. The van der Waals surface area contributed by atoms with E-state index in [4.69, 9.17) is 29.8 Å². The Bertz CT molecular complexity index is 561. The van der Waals surface area contributed by atoms with Crippen molar-refractivity contribution in [2.24, 2.45) is 0 Å². The number of unbranched alkanes of at least 4 members (excludes halogenated alkanes) is 28. The predicted octanol–water partition coefficient (Wildman–Crippen LogP) is 12.1. The van der Waals surface area contributed by atoms with Crippen molar-refractivity contribution in [3.05, 3.63) is 0 Å². The van der Waals surface area contributed by atoms with Crippen LogP contribution in [0.25, 0.3) is 0 Å². The minimum atomic E-state index is -2.61. The van der Waals surface area contributed by atoms with Crippen LogP contribution in [-0.2, 0) is 13.9 Å². The molecule has 0 radical (unpaired) electrons. The van der Waals surface area contributed by atoms with Gasteiger partial charge in [-0.25, -0.2) is 4.31 Å². The molecule has 11 heteroatoms. The fraction of sp³-hybridized carbons (Fsp3) is 0.944. The van der Waals surface area contributed by atoms with Gasteiger partial charge in [-0.2, -0.15) is 0 Å². The second-order valence-electron chi connectivity index (χ2n) is 12.8. The zero-order valence-electron chi connectivity index (χ0n) is 30.4. The van der Waals surface area contributed by atoms with Crippen molar-refractivity contribution in [3.63, 3.8) is 0 Å². The quantitative estimate of drug-likeness (QED) is 0.0281. The van der Waals surface area contributed by atoms with E-state index in [1.165, 1.54) is 167 Å². The van der Waals surface area contributed by atoms with E-state index < -0.39 is 29.1 Å². The van der Waals surface area contributed by atoms with Crippen molar-refractivity contribution >= 4 is 29.1 Å². The molecule has 0 saturated carbocycles. The maximum absolute atomic E-state index is 10.3. The van der Waals surface area contributed by atoms with Gasteiger partial charge in [0.25, 0.3) is 0 Å². The Kier molecular flexibility index (Phi) is 49.5. The zero-order chi connectivity index (χ0) is 35.6. The van der Waals surface area contributed by atoms with Crippen molar-refractivity contribution in [2.75, 3.05) is 0 Å². The maximum Gasteiger partial charge on any atom is 0.334 e. The van der Waals surface area contributed by atoms with Gasteiger partial charge >= 0.3 is 29.1 Å². The summed E-state index contributed by atoms with van der Waals surface area (Å²) in [5, 5.41) is 17.0. The van der Waals surface area contributed by atoms with Crippen LogP contribution in [0.5, 0.6) is 0 Å². The molecule has 0 aliphatic carbocycles. The number of carboxylic acids is 2. The summed E-state index contributed by atoms with van der Waals surface area (Å²) >= 11 is 0. The molecule has 0 heterocycles. The molecular formula is C36H76O9P2. The highest BCUT2D eigenvalue weighted by atomic mass is 31.2. The first-order valence-corrected chi connectivity index (χ1v) is 21.5. The molecular weight excluding hydrogens is 638 g/mol. The first-order valence-electron chi connectivity index (χ1n) is 19.1. The number of hydrogen-bond acceptors (Lipinski definition) is 7. The lowest BCUT2D eigenvalue weighted by atomic mass is 10.0. The normalized spacial score (nSPS) is 10.9. The molecule has 0 atom stereocenters. The van der Waals surface area contributed by atoms with Crippen LogP contribution in [0.1, 0.15) is 219 Å². The fourth-order valence-electron chi connectivity index (χ4n) is 5.36. The molecule has 0 saturated heterocycles. The summed E-state index contributed by atoms with van der Waals surface area (Å²) in [7, 11) is -5.22. The van der Waals surface area contributed by atoms with Crippen molar-refractivity contribution in [2.45, 2.75) is 219 Å². The highest BCUT2D eigenvalue weighted by Gasteiger charge is 2.06. The lowest BCUT2D eigenvalue weighted by Crippen LogP contribution is -1.93. The van der Waals surface area contributed by atoms with E-state index in [9.17, 15) is 9.59 Å². The molecule has 284 valence electrons. The predicted molar refractivity (Wildman–Crippen MR) is 198 cm³/mol. The Morgan fingerprint density at radius 2 is 0.532 bits per heavy atom. The number of aliphatic carboxylic acids is 2. The van der Waals surface area contributed by atoms with E-state index >= 15 is 0 Å². The molecule has 0 aliphatic rings. The van der Waals surface area contributed by atoms with E-state index in [2.05, 4.69) is 18.2 Å². The van der Waals surface area contributed by atoms with Crippen LogP contribution in [-0.4, -0.2) is 41.7 Å². The Morgan fingerprint density at radius 3 is 0.660 bits per heavy atom. The Morgan fingerprint density at radius 1 is 0.362 bits per heavy atom. The smallest absolute Gasteiger partial charge is 0.334 e. The van der Waals surface area contributed by atoms with E-state index in [-0.39, 0.29) is 0 Å². The summed E-state index contributed by atoms with van der Waals surface area (Å²) in [6.07, 6.45) is 40.4. The summed E-state index contributed by atoms with van der Waals surface area (Å²) in [4.78, 5) is 51.9. The summed E-state index contributed by atoms with van der Waals surface area (Å²) < 4.78 is 3.60. The Balaban J connectivity index is -0.000000685. The lowest BCUT2D eigenvalue weighted by Gasteiger charge is -2.03. The van der Waals surface area contributed by atoms with Gasteiger partial charge in [0, 0.05) is 12.8 Å². The molecule has 6 N–H and O–H groups in total. The lowest BCUT2D eigenvalue weighted by molar-refractivity contribution is -0.138. The molecule has 0 aromatic heterocycles. The number of carbonyl (C=O) groups is 2. The molecule has 0 amide bonds. The summed E-state index contributed by atoms with van der Waals surface area (Å²) in [5.41, 5.74) is 0. The van der Waals surface area contributed by atoms with Crippen LogP contribution in [0.4, 0.5) is 0 Å². The molecule has 9 nitrogen and oxygen atoms in total. The SMILES string of the molecule is CCCCCCCCCCCCCCCCCC(=O)O.CCCCCCCCCCCCCCCCCC(=O)O.OP(O)OP(O)O. The summed E-state index contributed by atoms with van der Waals surface area (Å²) in [6, 6.07) is 0. The highest BCUT2D eigenvalue weighted by Crippen LogP contribution is 2.41. The maximum atomic E-state index is 10.3. The summed E-state index contributed by atoms with van der Waals surface area (Å²) in [6.45, 7) is 4.54. The molecule has 0 bridgehead atoms. The van der Waals surface area contributed by atoms with Gasteiger partial charge in [-0.15, -0.1) is 0 Å². The highest BCUT2D eigenvalue weighted by molar-refractivity contribution is 7.53. The third kappa shape index (κ3) is 61.3. The van der Waals surface area contributed by atoms with Gasteiger partial charge in [0.15, 0.2) is 0 Å². The van der Waals surface area contributed by atoms with Crippen LogP contribution in [0.3, 0.4) is 0 Å². The Hall–Kier alpha value is -0.400. The number of carboxylic acid groups (broad SMARTS) is 2. The molecule has 0 fully saturated rings. The van der Waals surface area contributed by atoms with Crippen LogP contribution in [0.15, 0.2) is 0 Å². The molecule has 0 rings (SSSR count). The van der Waals surface area contributed by atoms with Crippen LogP contribution >= 0.6 is 17.2 Å². The van der Waals surface area contributed by atoms with E-state index in [0.717, 1.165) is 25.7 Å². The molecule has 0 aromatic carbocycles. The monoisotopic (exact) mass is 714 g/mol. The third-order valence-corrected chi connectivity index (χ3v) is 9.30. The average molecular weight is 715 g/mol. The van der Waals surface area contributed by atoms with Gasteiger partial charge < -0.3 is 29.8 Å². The fourth-order valence-corrected chi connectivity index (χ4v) is 5.88. The second-order valence-corrected chi connectivity index (χ2v) is 14.4. The average Bonchev–Trinajstić information content (AvgIpc) is 3.00. The third-order valence-electron chi connectivity index (χ3n) is 8.13. The van der Waals surface area contributed by atoms with Gasteiger partial charge in [-0.3, -0.25) is 9.59 Å². The minimum Gasteiger partial charge on any atom is -0.481 e. The first-order chi connectivity index (χ1) is 22.7. The van der Waals surface area contributed by atoms with Crippen molar-refractivity contribution < 1.29 is 43.7 Å². The van der Waals surface area contributed by atoms with Crippen molar-refractivity contribution in [1.82, 2.24) is 0 Å². The topological polar surface area (TPSA) is 165 Å². The molecule has 0 unspecified atom stereocenters. The van der Waals surface area contributed by atoms with Gasteiger partial charge in [0.05, 0.1) is 0 Å². The van der Waals surface area contributed by atoms with E-state index in [1.54, 1.807) is 0 Å². The summed E-state index contributed by atoms with van der Waals surface area (Å²) in [5.74, 6) is -1.31. The second kappa shape index (κ2) is 45.6. The van der Waals surface area contributed by atoms with Gasteiger partial charge in [-0.05, 0) is 12.8 Å².